The number of rotatable bonds is 8. The van der Waals surface area contributed by atoms with Gasteiger partial charge in [0.05, 0.1) is 17.3 Å². The molecule has 0 atom stereocenters. The highest BCUT2D eigenvalue weighted by Gasteiger charge is 2.17. The Bertz CT molecular complexity index is 862. The Hall–Kier alpha value is -2.18. The molecule has 2 aromatic carbocycles. The van der Waals surface area contributed by atoms with Crippen LogP contribution in [0.2, 0.25) is 10.0 Å². The average molecular weight is 429 g/mol. The van der Waals surface area contributed by atoms with E-state index in [-0.39, 0.29) is 31.2 Å². The van der Waals surface area contributed by atoms with Gasteiger partial charge in [0, 0.05) is 18.0 Å². The molecule has 0 saturated carbocycles. The van der Waals surface area contributed by atoms with Crippen LogP contribution >= 0.6 is 23.2 Å². The Morgan fingerprint density at radius 2 is 1.82 bits per heavy atom. The maximum atomic E-state index is 13.3. The minimum Gasteiger partial charge on any atom is -0.333 e. The molecule has 2 amide bonds. The van der Waals surface area contributed by atoms with Gasteiger partial charge in [-0.1, -0.05) is 36.2 Å². The molecule has 0 aliphatic carbocycles. The second-order valence-corrected chi connectivity index (χ2v) is 7.08. The standard InChI is InChI=1S/C20H20Cl2F2N2O2/c1-2-9-26(12-19(27)25-18-7-5-14(21)11-15(18)22)20(28)8-4-13-3-6-16(23)17(24)10-13/h3,5-7,10-11H,2,4,8-9,12H2,1H3,(H,25,27). The lowest BCUT2D eigenvalue weighted by Crippen LogP contribution is -2.38. The second-order valence-electron chi connectivity index (χ2n) is 6.24. The molecule has 28 heavy (non-hydrogen) atoms. The molecule has 0 unspecified atom stereocenters. The van der Waals surface area contributed by atoms with E-state index < -0.39 is 11.6 Å². The Balaban J connectivity index is 1.95. The highest BCUT2D eigenvalue weighted by Crippen LogP contribution is 2.25. The number of amides is 2. The first-order valence-electron chi connectivity index (χ1n) is 8.76. The van der Waals surface area contributed by atoms with Gasteiger partial charge in [-0.3, -0.25) is 9.59 Å². The molecular formula is C20H20Cl2F2N2O2. The van der Waals surface area contributed by atoms with Crippen LogP contribution in [-0.4, -0.2) is 29.8 Å². The summed E-state index contributed by atoms with van der Waals surface area (Å²) in [7, 11) is 0. The number of hydrogen-bond donors (Lipinski definition) is 1. The molecule has 0 bridgehead atoms. The van der Waals surface area contributed by atoms with E-state index in [1.165, 1.54) is 17.0 Å². The molecule has 0 fully saturated rings. The Labute approximate surface area is 172 Å². The molecule has 1 N–H and O–H groups in total. The van der Waals surface area contributed by atoms with Crippen LogP contribution < -0.4 is 5.32 Å². The van der Waals surface area contributed by atoms with Crippen LogP contribution in [0.1, 0.15) is 25.3 Å². The quantitative estimate of drug-likeness (QED) is 0.636. The molecule has 0 radical (unpaired) electrons. The molecule has 2 rings (SSSR count). The number of carbonyl (C=O) groups is 2. The molecule has 0 aliphatic heterocycles. The van der Waals surface area contributed by atoms with E-state index in [1.807, 2.05) is 6.92 Å². The van der Waals surface area contributed by atoms with Crippen LogP contribution in [0.3, 0.4) is 0 Å². The van der Waals surface area contributed by atoms with Crippen LogP contribution in [0.5, 0.6) is 0 Å². The van der Waals surface area contributed by atoms with Crippen molar-refractivity contribution in [3.8, 4) is 0 Å². The van der Waals surface area contributed by atoms with E-state index in [1.54, 1.807) is 12.1 Å². The summed E-state index contributed by atoms with van der Waals surface area (Å²) in [5.41, 5.74) is 0.919. The maximum Gasteiger partial charge on any atom is 0.244 e. The number of halogens is 4. The first kappa shape index (κ1) is 22.1. The van der Waals surface area contributed by atoms with Gasteiger partial charge in [-0.25, -0.2) is 8.78 Å². The third-order valence-electron chi connectivity index (χ3n) is 4.00. The van der Waals surface area contributed by atoms with Gasteiger partial charge in [-0.05, 0) is 48.7 Å². The highest BCUT2D eigenvalue weighted by atomic mass is 35.5. The van der Waals surface area contributed by atoms with Crippen molar-refractivity contribution in [3.63, 3.8) is 0 Å². The number of aryl methyl sites for hydroxylation is 1. The van der Waals surface area contributed by atoms with Crippen molar-refractivity contribution in [2.75, 3.05) is 18.4 Å². The van der Waals surface area contributed by atoms with Gasteiger partial charge in [-0.2, -0.15) is 0 Å². The summed E-state index contributed by atoms with van der Waals surface area (Å²) in [6.45, 7) is 2.16. The maximum absolute atomic E-state index is 13.3. The van der Waals surface area contributed by atoms with Crippen molar-refractivity contribution in [2.45, 2.75) is 26.2 Å². The summed E-state index contributed by atoms with van der Waals surface area (Å²) in [5, 5.41) is 3.40. The SMILES string of the molecule is CCCN(CC(=O)Nc1ccc(Cl)cc1Cl)C(=O)CCc1ccc(F)c(F)c1. The predicted molar refractivity (Wildman–Crippen MR) is 107 cm³/mol. The molecule has 4 nitrogen and oxygen atoms in total. The third-order valence-corrected chi connectivity index (χ3v) is 4.55. The van der Waals surface area contributed by atoms with Crippen LogP contribution in [0, 0.1) is 11.6 Å². The number of carbonyl (C=O) groups excluding carboxylic acids is 2. The van der Waals surface area contributed by atoms with Crippen LogP contribution in [-0.2, 0) is 16.0 Å². The summed E-state index contributed by atoms with van der Waals surface area (Å²) in [6.07, 6.45) is 1.01. The molecule has 0 aliphatic rings. The lowest BCUT2D eigenvalue weighted by atomic mass is 10.1. The average Bonchev–Trinajstić information content (AvgIpc) is 2.64. The van der Waals surface area contributed by atoms with E-state index >= 15 is 0 Å². The van der Waals surface area contributed by atoms with Crippen LogP contribution in [0.15, 0.2) is 36.4 Å². The summed E-state index contributed by atoms with van der Waals surface area (Å²) >= 11 is 11.9. The van der Waals surface area contributed by atoms with Gasteiger partial charge in [-0.15, -0.1) is 0 Å². The van der Waals surface area contributed by atoms with Gasteiger partial charge < -0.3 is 10.2 Å². The number of nitrogens with one attached hydrogen (secondary N) is 1. The fourth-order valence-corrected chi connectivity index (χ4v) is 3.08. The first-order valence-corrected chi connectivity index (χ1v) is 9.52. The van der Waals surface area contributed by atoms with Crippen molar-refractivity contribution in [1.29, 1.82) is 0 Å². The van der Waals surface area contributed by atoms with Gasteiger partial charge in [0.15, 0.2) is 11.6 Å². The molecule has 0 aromatic heterocycles. The molecule has 150 valence electrons. The van der Waals surface area contributed by atoms with Crippen molar-refractivity contribution in [1.82, 2.24) is 4.90 Å². The fraction of sp³-hybridized carbons (Fsp3) is 0.300. The van der Waals surface area contributed by atoms with Crippen molar-refractivity contribution in [2.24, 2.45) is 0 Å². The summed E-state index contributed by atoms with van der Waals surface area (Å²) in [4.78, 5) is 26.2. The summed E-state index contributed by atoms with van der Waals surface area (Å²) < 4.78 is 26.3. The lowest BCUT2D eigenvalue weighted by molar-refractivity contribution is -0.134. The zero-order valence-corrected chi connectivity index (χ0v) is 16.8. The second kappa shape index (κ2) is 10.4. The fourth-order valence-electron chi connectivity index (χ4n) is 2.62. The van der Waals surface area contributed by atoms with Gasteiger partial charge in [0.25, 0.3) is 0 Å². The van der Waals surface area contributed by atoms with Gasteiger partial charge >= 0.3 is 0 Å². The van der Waals surface area contributed by atoms with Gasteiger partial charge in [0.1, 0.15) is 0 Å². The number of benzene rings is 2. The largest absolute Gasteiger partial charge is 0.333 e. The van der Waals surface area contributed by atoms with Gasteiger partial charge in [0.2, 0.25) is 11.8 Å². The van der Waals surface area contributed by atoms with Crippen molar-refractivity contribution >= 4 is 40.7 Å². The van der Waals surface area contributed by atoms with E-state index in [0.29, 0.717) is 34.3 Å². The van der Waals surface area contributed by atoms with Crippen molar-refractivity contribution < 1.29 is 18.4 Å². The van der Waals surface area contributed by atoms with Crippen LogP contribution in [0.4, 0.5) is 14.5 Å². The normalized spacial score (nSPS) is 10.6. The topological polar surface area (TPSA) is 49.4 Å². The minimum atomic E-state index is -0.949. The van der Waals surface area contributed by atoms with E-state index in [0.717, 1.165) is 12.1 Å². The Morgan fingerprint density at radius 1 is 1.07 bits per heavy atom. The zero-order valence-electron chi connectivity index (χ0n) is 15.3. The molecule has 0 heterocycles. The predicted octanol–water partition coefficient (Wildman–Crippen LogP) is 5.08. The van der Waals surface area contributed by atoms with Crippen LogP contribution in [0.25, 0.3) is 0 Å². The molecule has 0 spiro atoms. The lowest BCUT2D eigenvalue weighted by Gasteiger charge is -2.22. The highest BCUT2D eigenvalue weighted by molar-refractivity contribution is 6.36. The summed E-state index contributed by atoms with van der Waals surface area (Å²) in [6, 6.07) is 8.22. The zero-order chi connectivity index (χ0) is 20.7. The Kier molecular flexibility index (Phi) is 8.20. The number of anilines is 1. The minimum absolute atomic E-state index is 0.0834. The summed E-state index contributed by atoms with van der Waals surface area (Å²) in [5.74, 6) is -2.52. The first-order chi connectivity index (χ1) is 13.3. The van der Waals surface area contributed by atoms with Crippen molar-refractivity contribution in [3.05, 3.63) is 63.6 Å². The van der Waals surface area contributed by atoms with E-state index in [9.17, 15) is 18.4 Å². The molecular weight excluding hydrogens is 409 g/mol. The number of nitrogens with zero attached hydrogens (tertiary/aromatic N) is 1. The number of hydrogen-bond acceptors (Lipinski definition) is 2. The molecule has 2 aromatic rings. The Morgan fingerprint density at radius 3 is 2.46 bits per heavy atom. The van der Waals surface area contributed by atoms with E-state index in [2.05, 4.69) is 5.32 Å². The van der Waals surface area contributed by atoms with E-state index in [4.69, 9.17) is 23.2 Å². The molecule has 8 heteroatoms. The third kappa shape index (κ3) is 6.46. The molecule has 0 saturated heterocycles. The smallest absolute Gasteiger partial charge is 0.244 e. The monoisotopic (exact) mass is 428 g/mol.